The summed E-state index contributed by atoms with van der Waals surface area (Å²) >= 11 is 0. The number of hydrogen-bond acceptors (Lipinski definition) is 2. The Kier molecular flexibility index (Phi) is 6.76. The molecule has 2 nitrogen and oxygen atoms in total. The molecular formula is C53H39NO. The van der Waals surface area contributed by atoms with Crippen LogP contribution in [0.25, 0.3) is 55.3 Å². The van der Waals surface area contributed by atoms with Crippen LogP contribution in [-0.2, 0) is 10.8 Å². The molecule has 1 heterocycles. The van der Waals surface area contributed by atoms with Crippen LogP contribution < -0.4 is 4.90 Å². The lowest BCUT2D eigenvalue weighted by Crippen LogP contribution is -2.22. The highest BCUT2D eigenvalue weighted by Crippen LogP contribution is 2.55. The molecule has 2 aliphatic carbocycles. The van der Waals surface area contributed by atoms with E-state index in [4.69, 9.17) is 4.42 Å². The van der Waals surface area contributed by atoms with E-state index in [9.17, 15) is 0 Å². The van der Waals surface area contributed by atoms with Crippen molar-refractivity contribution in [2.24, 2.45) is 0 Å². The molecule has 0 bridgehead atoms. The second-order valence-electron chi connectivity index (χ2n) is 15.8. The first-order valence-electron chi connectivity index (χ1n) is 19.3. The van der Waals surface area contributed by atoms with Gasteiger partial charge in [0, 0.05) is 38.7 Å². The maximum Gasteiger partial charge on any atom is 0.135 e. The number of furan rings is 1. The minimum absolute atomic E-state index is 0.0938. The van der Waals surface area contributed by atoms with E-state index in [2.05, 4.69) is 196 Å². The van der Waals surface area contributed by atoms with Crippen LogP contribution in [0.15, 0.2) is 186 Å². The third kappa shape index (κ3) is 4.55. The Morgan fingerprint density at radius 2 is 0.982 bits per heavy atom. The Morgan fingerprint density at radius 1 is 0.400 bits per heavy atom. The standard InChI is InChI=1S/C53H39NO/c1-52(2)46-21-10-7-17-41(46)44-20-13-19-39(51(44)52)34-24-26-36(27-25-34)54(37-29-31-50-45(32-37)43-18-9-12-23-49(43)55-50)38-28-30-42-40-16-8-11-22-47(40)53(3,48(42)33-38)35-14-5-4-6-15-35/h4-33H,1-3H3. The Balaban J connectivity index is 1.09. The molecule has 0 amide bonds. The van der Waals surface area contributed by atoms with Gasteiger partial charge in [-0.25, -0.2) is 0 Å². The van der Waals surface area contributed by atoms with E-state index in [1.807, 2.05) is 12.1 Å². The Morgan fingerprint density at radius 3 is 1.80 bits per heavy atom. The van der Waals surface area contributed by atoms with Gasteiger partial charge in [0.05, 0.1) is 0 Å². The van der Waals surface area contributed by atoms with Crippen LogP contribution in [0, 0.1) is 0 Å². The molecule has 0 saturated heterocycles. The summed E-state index contributed by atoms with van der Waals surface area (Å²) in [5.74, 6) is 0. The van der Waals surface area contributed by atoms with Gasteiger partial charge in [-0.2, -0.15) is 0 Å². The summed E-state index contributed by atoms with van der Waals surface area (Å²) < 4.78 is 6.29. The van der Waals surface area contributed by atoms with Crippen LogP contribution in [0.3, 0.4) is 0 Å². The second kappa shape index (κ2) is 11.7. The molecule has 9 aromatic rings. The molecule has 2 heteroatoms. The van der Waals surface area contributed by atoms with Gasteiger partial charge in [0.25, 0.3) is 0 Å². The molecule has 262 valence electrons. The fraction of sp³-hybridized carbons (Fsp3) is 0.0943. The van der Waals surface area contributed by atoms with Gasteiger partial charge in [0.2, 0.25) is 0 Å². The number of rotatable bonds is 5. The Bertz CT molecular complexity index is 2970. The number of para-hydroxylation sites is 1. The van der Waals surface area contributed by atoms with Crippen molar-refractivity contribution in [3.8, 4) is 33.4 Å². The number of hydrogen-bond donors (Lipinski definition) is 0. The van der Waals surface area contributed by atoms with E-state index in [0.717, 1.165) is 39.0 Å². The van der Waals surface area contributed by atoms with Gasteiger partial charge in [0.1, 0.15) is 11.2 Å². The van der Waals surface area contributed by atoms with Crippen molar-refractivity contribution in [3.05, 3.63) is 210 Å². The van der Waals surface area contributed by atoms with E-state index in [1.165, 1.54) is 61.2 Å². The fourth-order valence-corrected chi connectivity index (χ4v) is 9.88. The molecule has 1 unspecified atom stereocenters. The summed E-state index contributed by atoms with van der Waals surface area (Å²) in [5.41, 5.74) is 19.2. The molecule has 1 aromatic heterocycles. The number of nitrogens with zero attached hydrogens (tertiary/aromatic N) is 1. The van der Waals surface area contributed by atoms with Crippen molar-refractivity contribution in [1.29, 1.82) is 0 Å². The monoisotopic (exact) mass is 705 g/mol. The number of fused-ring (bicyclic) bond motifs is 9. The smallest absolute Gasteiger partial charge is 0.135 e. The van der Waals surface area contributed by atoms with Crippen molar-refractivity contribution >= 4 is 39.0 Å². The van der Waals surface area contributed by atoms with Crippen LogP contribution in [0.4, 0.5) is 17.1 Å². The minimum Gasteiger partial charge on any atom is -0.456 e. The van der Waals surface area contributed by atoms with Crippen molar-refractivity contribution < 1.29 is 4.42 Å². The quantitative estimate of drug-likeness (QED) is 0.177. The van der Waals surface area contributed by atoms with Crippen LogP contribution in [0.1, 0.15) is 48.6 Å². The van der Waals surface area contributed by atoms with E-state index < -0.39 is 0 Å². The Hall–Kier alpha value is -6.64. The van der Waals surface area contributed by atoms with Gasteiger partial charge in [-0.05, 0) is 117 Å². The highest BCUT2D eigenvalue weighted by atomic mass is 16.3. The zero-order valence-electron chi connectivity index (χ0n) is 31.2. The molecule has 0 N–H and O–H groups in total. The van der Waals surface area contributed by atoms with E-state index in [-0.39, 0.29) is 10.8 Å². The van der Waals surface area contributed by atoms with E-state index in [0.29, 0.717) is 0 Å². The molecule has 8 aromatic carbocycles. The average molecular weight is 706 g/mol. The summed E-state index contributed by atoms with van der Waals surface area (Å²) in [7, 11) is 0. The van der Waals surface area contributed by atoms with Gasteiger partial charge in [-0.15, -0.1) is 0 Å². The predicted octanol–water partition coefficient (Wildman–Crippen LogP) is 14.4. The lowest BCUT2D eigenvalue weighted by Gasteiger charge is -2.31. The van der Waals surface area contributed by atoms with Gasteiger partial charge in [-0.1, -0.05) is 147 Å². The maximum absolute atomic E-state index is 6.29. The highest BCUT2D eigenvalue weighted by molar-refractivity contribution is 6.06. The lowest BCUT2D eigenvalue weighted by molar-refractivity contribution is 0.662. The molecule has 55 heavy (non-hydrogen) atoms. The van der Waals surface area contributed by atoms with Gasteiger partial charge < -0.3 is 9.32 Å². The van der Waals surface area contributed by atoms with Crippen molar-refractivity contribution in [2.45, 2.75) is 31.6 Å². The third-order valence-corrected chi connectivity index (χ3v) is 12.5. The zero-order chi connectivity index (χ0) is 36.9. The SMILES string of the molecule is CC1(C)c2ccccc2-c2cccc(-c3ccc(N(c4ccc5c(c4)C(C)(c4ccccc4)c4ccccc4-5)c4ccc5oc6ccccc6c5c4)cc3)c21. The second-order valence-corrected chi connectivity index (χ2v) is 15.8. The maximum atomic E-state index is 6.29. The number of anilines is 3. The van der Waals surface area contributed by atoms with Crippen molar-refractivity contribution in [1.82, 2.24) is 0 Å². The first kappa shape index (κ1) is 31.8. The summed E-state index contributed by atoms with van der Waals surface area (Å²) in [6.07, 6.45) is 0. The molecule has 0 saturated carbocycles. The molecule has 0 spiro atoms. The number of benzene rings is 8. The zero-order valence-corrected chi connectivity index (χ0v) is 31.2. The summed E-state index contributed by atoms with van der Waals surface area (Å²) in [5, 5.41) is 2.23. The molecule has 2 aliphatic rings. The minimum atomic E-state index is -0.304. The van der Waals surface area contributed by atoms with Crippen LogP contribution >= 0.6 is 0 Å². The summed E-state index contributed by atoms with van der Waals surface area (Å²) in [4.78, 5) is 2.41. The van der Waals surface area contributed by atoms with Crippen molar-refractivity contribution in [2.75, 3.05) is 4.90 Å². The normalized spacial score (nSPS) is 16.1. The molecule has 0 aliphatic heterocycles. The molecular weight excluding hydrogens is 667 g/mol. The van der Waals surface area contributed by atoms with E-state index >= 15 is 0 Å². The Labute approximate surface area is 322 Å². The largest absolute Gasteiger partial charge is 0.456 e. The topological polar surface area (TPSA) is 16.4 Å². The van der Waals surface area contributed by atoms with Crippen molar-refractivity contribution in [3.63, 3.8) is 0 Å². The van der Waals surface area contributed by atoms with E-state index in [1.54, 1.807) is 0 Å². The highest BCUT2D eigenvalue weighted by Gasteiger charge is 2.41. The first-order valence-corrected chi connectivity index (χ1v) is 19.3. The average Bonchev–Trinajstić information content (AvgIpc) is 3.82. The van der Waals surface area contributed by atoms with Crippen LogP contribution in [0.2, 0.25) is 0 Å². The first-order chi connectivity index (χ1) is 26.9. The summed E-state index contributed by atoms with van der Waals surface area (Å²) in [6.45, 7) is 7.11. The van der Waals surface area contributed by atoms with Crippen LogP contribution in [0.5, 0.6) is 0 Å². The molecule has 0 fully saturated rings. The molecule has 0 radical (unpaired) electrons. The third-order valence-electron chi connectivity index (χ3n) is 12.5. The molecule has 11 rings (SSSR count). The van der Waals surface area contributed by atoms with Gasteiger partial charge in [0.15, 0.2) is 0 Å². The van der Waals surface area contributed by atoms with Gasteiger partial charge in [-0.3, -0.25) is 0 Å². The van der Waals surface area contributed by atoms with Crippen LogP contribution in [-0.4, -0.2) is 0 Å². The summed E-state index contributed by atoms with van der Waals surface area (Å²) in [6, 6.07) is 66.7. The molecule has 1 atom stereocenters. The fourth-order valence-electron chi connectivity index (χ4n) is 9.88. The lowest BCUT2D eigenvalue weighted by atomic mass is 9.74. The predicted molar refractivity (Wildman–Crippen MR) is 229 cm³/mol. The van der Waals surface area contributed by atoms with Gasteiger partial charge >= 0.3 is 0 Å².